The van der Waals surface area contributed by atoms with E-state index in [0.717, 1.165) is 6.92 Å². The Bertz CT molecular complexity index is 600. The number of carbonyl (C=O) groups is 1. The highest BCUT2D eigenvalue weighted by Crippen LogP contribution is 2.33. The molecule has 1 aliphatic rings. The summed E-state index contributed by atoms with van der Waals surface area (Å²) in [5.41, 5.74) is 6.62. The second-order valence-corrected chi connectivity index (χ2v) is 6.42. The van der Waals surface area contributed by atoms with Crippen molar-refractivity contribution in [1.29, 1.82) is 0 Å². The first-order valence-electron chi connectivity index (χ1n) is 6.66. The number of hydrogen-bond donors (Lipinski definition) is 1. The molecule has 3 atom stereocenters. The smallest absolute Gasteiger partial charge is 0.397 e. The summed E-state index contributed by atoms with van der Waals surface area (Å²) in [6.07, 6.45) is -2.79. The van der Waals surface area contributed by atoms with Gasteiger partial charge in [0.1, 0.15) is 12.2 Å². The van der Waals surface area contributed by atoms with E-state index in [1.54, 1.807) is 13.8 Å². The van der Waals surface area contributed by atoms with Gasteiger partial charge in [-0.2, -0.15) is 8.42 Å². The van der Waals surface area contributed by atoms with Crippen LogP contribution in [0.2, 0.25) is 0 Å². The summed E-state index contributed by atoms with van der Waals surface area (Å²) in [4.78, 5) is 14.7. The van der Waals surface area contributed by atoms with E-state index in [-0.39, 0.29) is 13.2 Å². The summed E-state index contributed by atoms with van der Waals surface area (Å²) in [5, 5.41) is 3.32. The lowest BCUT2D eigenvalue weighted by Crippen LogP contribution is -2.54. The first-order chi connectivity index (χ1) is 10.4. The van der Waals surface area contributed by atoms with E-state index in [1.807, 2.05) is 0 Å². The van der Waals surface area contributed by atoms with Crippen molar-refractivity contribution in [2.24, 2.45) is 5.11 Å². The highest BCUT2D eigenvalue weighted by atomic mass is 32.3. The predicted octanol–water partition coefficient (Wildman–Crippen LogP) is 0.958. The van der Waals surface area contributed by atoms with E-state index >= 15 is 0 Å². The molecule has 0 aliphatic carbocycles. The lowest BCUT2D eigenvalue weighted by Gasteiger charge is -2.33. The van der Waals surface area contributed by atoms with Crippen molar-refractivity contribution < 1.29 is 36.2 Å². The van der Waals surface area contributed by atoms with Crippen LogP contribution in [0.15, 0.2) is 5.11 Å². The Balaban J connectivity index is 3.29. The molecule has 0 radical (unpaired) electrons. The van der Waals surface area contributed by atoms with Crippen LogP contribution in [0.4, 0.5) is 0 Å². The number of esters is 1. The van der Waals surface area contributed by atoms with Crippen molar-refractivity contribution in [1.82, 2.24) is 0 Å². The van der Waals surface area contributed by atoms with Gasteiger partial charge in [-0.3, -0.25) is 9.35 Å². The van der Waals surface area contributed by atoms with Gasteiger partial charge in [0.25, 0.3) is 0 Å². The van der Waals surface area contributed by atoms with Gasteiger partial charge >= 0.3 is 16.4 Å². The molecule has 1 saturated heterocycles. The second-order valence-electron chi connectivity index (χ2n) is 5.37. The van der Waals surface area contributed by atoms with Crippen LogP contribution in [-0.2, 0) is 33.6 Å². The molecule has 1 N–H and O–H groups in total. The van der Waals surface area contributed by atoms with Crippen molar-refractivity contribution in [2.75, 3.05) is 13.2 Å². The maximum Gasteiger partial charge on any atom is 0.397 e. The molecular formula is C11H19N3O8S. The third-order valence-corrected chi connectivity index (χ3v) is 3.54. The first kappa shape index (κ1) is 19.6. The quantitative estimate of drug-likeness (QED) is 0.233. The molecule has 132 valence electrons. The molecule has 12 heteroatoms. The SMILES string of the molecule is CCOC(=O)[C@@](C)(N=[N+]=[N-])[C@H](OS(=O)(=O)O)[C@H]1COC(C)(C)O1. The zero-order chi connectivity index (χ0) is 17.9. The van der Waals surface area contributed by atoms with Gasteiger partial charge in [0, 0.05) is 4.91 Å². The lowest BCUT2D eigenvalue weighted by molar-refractivity contribution is -0.167. The van der Waals surface area contributed by atoms with Gasteiger partial charge in [0.15, 0.2) is 11.3 Å². The van der Waals surface area contributed by atoms with Crippen LogP contribution in [0, 0.1) is 0 Å². The largest absolute Gasteiger partial charge is 0.465 e. The summed E-state index contributed by atoms with van der Waals surface area (Å²) in [6, 6.07) is 0. The number of azide groups is 1. The Hall–Kier alpha value is -1.43. The van der Waals surface area contributed by atoms with Gasteiger partial charge in [-0.15, -0.1) is 0 Å². The number of rotatable bonds is 7. The molecule has 1 rings (SSSR count). The molecule has 1 fully saturated rings. The van der Waals surface area contributed by atoms with Gasteiger partial charge in [-0.05, 0) is 33.2 Å². The Morgan fingerprint density at radius 1 is 1.61 bits per heavy atom. The average molecular weight is 353 g/mol. The molecule has 0 unspecified atom stereocenters. The number of carbonyl (C=O) groups excluding carboxylic acids is 1. The fourth-order valence-electron chi connectivity index (χ4n) is 2.10. The molecule has 0 spiro atoms. The standard InChI is InChI=1S/C11H19N3O8S/c1-5-19-9(15)11(4,13-14-12)8(22-23(16,17)18)7-6-20-10(2,3)21-7/h7-8H,5-6H2,1-4H3,(H,16,17,18)/t7-,8-,11+/m1/s1. The zero-order valence-electron chi connectivity index (χ0n) is 13.1. The van der Waals surface area contributed by atoms with E-state index in [0.29, 0.717) is 0 Å². The molecule has 11 nitrogen and oxygen atoms in total. The third-order valence-electron chi connectivity index (χ3n) is 3.09. The second kappa shape index (κ2) is 6.99. The summed E-state index contributed by atoms with van der Waals surface area (Å²) >= 11 is 0. The summed E-state index contributed by atoms with van der Waals surface area (Å²) < 4.78 is 51.4. The molecular weight excluding hydrogens is 334 g/mol. The van der Waals surface area contributed by atoms with Crippen molar-refractivity contribution in [2.45, 2.75) is 51.2 Å². The van der Waals surface area contributed by atoms with Gasteiger partial charge in [0.2, 0.25) is 0 Å². The van der Waals surface area contributed by atoms with Gasteiger partial charge in [0.05, 0.1) is 13.2 Å². The fourth-order valence-corrected chi connectivity index (χ4v) is 2.67. The number of hydrogen-bond acceptors (Lipinski definition) is 8. The minimum absolute atomic E-state index is 0.0402. The summed E-state index contributed by atoms with van der Waals surface area (Å²) in [6.45, 7) is 5.57. The van der Waals surface area contributed by atoms with Crippen molar-refractivity contribution >= 4 is 16.4 Å². The molecule has 0 aromatic carbocycles. The number of nitrogens with zero attached hydrogens (tertiary/aromatic N) is 3. The lowest BCUT2D eigenvalue weighted by atomic mass is 9.92. The van der Waals surface area contributed by atoms with Crippen molar-refractivity contribution in [3.8, 4) is 0 Å². The maximum atomic E-state index is 12.2. The number of ether oxygens (including phenoxy) is 3. The van der Waals surface area contributed by atoms with Crippen LogP contribution in [0.3, 0.4) is 0 Å². The monoisotopic (exact) mass is 353 g/mol. The van der Waals surface area contributed by atoms with Crippen molar-refractivity contribution in [3.63, 3.8) is 0 Å². The van der Waals surface area contributed by atoms with Gasteiger partial charge in [-0.1, -0.05) is 5.11 Å². The first-order valence-corrected chi connectivity index (χ1v) is 8.02. The third kappa shape index (κ3) is 5.03. The summed E-state index contributed by atoms with van der Waals surface area (Å²) in [5.74, 6) is -2.10. The van der Waals surface area contributed by atoms with Crippen molar-refractivity contribution in [3.05, 3.63) is 10.4 Å². The molecule has 1 heterocycles. The Morgan fingerprint density at radius 3 is 2.61 bits per heavy atom. The van der Waals surface area contributed by atoms with Crippen LogP contribution in [-0.4, -0.2) is 55.7 Å². The zero-order valence-corrected chi connectivity index (χ0v) is 13.9. The van der Waals surface area contributed by atoms with E-state index < -0.39 is 39.9 Å². The van der Waals surface area contributed by atoms with Gasteiger partial charge in [-0.25, -0.2) is 4.18 Å². The average Bonchev–Trinajstić information content (AvgIpc) is 2.75. The molecule has 0 bridgehead atoms. The van der Waals surface area contributed by atoms with E-state index in [9.17, 15) is 13.2 Å². The Labute approximate surface area is 133 Å². The van der Waals surface area contributed by atoms with E-state index in [4.69, 9.17) is 24.3 Å². The van der Waals surface area contributed by atoms with Gasteiger partial charge < -0.3 is 14.2 Å². The topological polar surface area (TPSA) is 157 Å². The van der Waals surface area contributed by atoms with Crippen LogP contribution in [0.5, 0.6) is 0 Å². The minimum atomic E-state index is -4.97. The molecule has 0 amide bonds. The molecule has 1 aliphatic heterocycles. The highest BCUT2D eigenvalue weighted by molar-refractivity contribution is 7.80. The molecule has 0 aromatic rings. The Morgan fingerprint density at radius 2 is 2.22 bits per heavy atom. The van der Waals surface area contributed by atoms with Crippen LogP contribution < -0.4 is 0 Å². The molecule has 0 aromatic heterocycles. The van der Waals surface area contributed by atoms with Crippen LogP contribution in [0.1, 0.15) is 27.7 Å². The van der Waals surface area contributed by atoms with E-state index in [1.165, 1.54) is 6.92 Å². The predicted molar refractivity (Wildman–Crippen MR) is 75.5 cm³/mol. The fraction of sp³-hybridized carbons (Fsp3) is 0.909. The highest BCUT2D eigenvalue weighted by Gasteiger charge is 2.53. The maximum absolute atomic E-state index is 12.2. The van der Waals surface area contributed by atoms with Crippen LogP contribution >= 0.6 is 0 Å². The van der Waals surface area contributed by atoms with Crippen LogP contribution in [0.25, 0.3) is 10.4 Å². The normalized spacial score (nSPS) is 24.3. The molecule has 0 saturated carbocycles. The van der Waals surface area contributed by atoms with E-state index in [2.05, 4.69) is 14.2 Å². The minimum Gasteiger partial charge on any atom is -0.465 e. The summed E-state index contributed by atoms with van der Waals surface area (Å²) in [7, 11) is -4.97. The Kier molecular flexibility index (Phi) is 5.96. The molecule has 23 heavy (non-hydrogen) atoms.